The first-order valence-corrected chi connectivity index (χ1v) is 10.6. The zero-order valence-corrected chi connectivity index (χ0v) is 17.4. The topological polar surface area (TPSA) is 53.6 Å². The lowest BCUT2D eigenvalue weighted by molar-refractivity contribution is 0.743. The van der Waals surface area contributed by atoms with Gasteiger partial charge in [0.25, 0.3) is 0 Å². The SMILES string of the molecule is CCC(Nc1cc(-c2cc(-c3ccccc3)nc3ccccc23)[nH]n1)c1ccccc1. The van der Waals surface area contributed by atoms with Crippen LogP contribution in [0.3, 0.4) is 0 Å². The molecule has 0 radical (unpaired) electrons. The molecular formula is C27H24N4. The van der Waals surface area contributed by atoms with E-state index in [0.717, 1.165) is 45.7 Å². The van der Waals surface area contributed by atoms with Crippen molar-refractivity contribution in [2.45, 2.75) is 19.4 Å². The summed E-state index contributed by atoms with van der Waals surface area (Å²) >= 11 is 0. The molecule has 0 amide bonds. The molecule has 1 atom stereocenters. The van der Waals surface area contributed by atoms with E-state index in [0.29, 0.717) is 0 Å². The van der Waals surface area contributed by atoms with E-state index >= 15 is 0 Å². The first-order valence-electron chi connectivity index (χ1n) is 10.6. The number of aromatic amines is 1. The number of aromatic nitrogens is 3. The zero-order valence-electron chi connectivity index (χ0n) is 17.4. The van der Waals surface area contributed by atoms with Crippen molar-refractivity contribution in [1.82, 2.24) is 15.2 Å². The summed E-state index contributed by atoms with van der Waals surface area (Å²) in [6.45, 7) is 2.18. The molecule has 2 N–H and O–H groups in total. The third-order valence-corrected chi connectivity index (χ3v) is 5.59. The van der Waals surface area contributed by atoms with Crippen LogP contribution < -0.4 is 5.32 Å². The standard InChI is InChI=1S/C27H24N4/c1-2-23(19-11-5-3-6-12-19)29-27-18-26(30-31-27)22-17-25(20-13-7-4-8-14-20)28-24-16-10-9-15-21(22)24/h3-18,23H,2H2,1H3,(H2,29,30,31). The number of benzene rings is 3. The Balaban J connectivity index is 1.53. The van der Waals surface area contributed by atoms with Crippen molar-refractivity contribution in [3.8, 4) is 22.5 Å². The van der Waals surface area contributed by atoms with Crippen LogP contribution in [0, 0.1) is 0 Å². The molecule has 2 aromatic heterocycles. The molecule has 5 aromatic rings. The van der Waals surface area contributed by atoms with E-state index in [4.69, 9.17) is 4.98 Å². The maximum Gasteiger partial charge on any atom is 0.148 e. The van der Waals surface area contributed by atoms with Crippen LogP contribution in [-0.2, 0) is 0 Å². The van der Waals surface area contributed by atoms with Gasteiger partial charge in [0.15, 0.2) is 0 Å². The Morgan fingerprint density at radius 2 is 1.55 bits per heavy atom. The Morgan fingerprint density at radius 1 is 0.839 bits per heavy atom. The van der Waals surface area contributed by atoms with Gasteiger partial charge < -0.3 is 5.32 Å². The van der Waals surface area contributed by atoms with Crippen LogP contribution in [0.2, 0.25) is 0 Å². The highest BCUT2D eigenvalue weighted by Crippen LogP contribution is 2.32. The van der Waals surface area contributed by atoms with Crippen LogP contribution in [0.5, 0.6) is 0 Å². The molecule has 0 fully saturated rings. The van der Waals surface area contributed by atoms with Crippen molar-refractivity contribution in [1.29, 1.82) is 0 Å². The summed E-state index contributed by atoms with van der Waals surface area (Å²) in [6, 6.07) is 33.5. The Morgan fingerprint density at radius 3 is 2.32 bits per heavy atom. The Hall–Kier alpha value is -3.92. The van der Waals surface area contributed by atoms with Crippen molar-refractivity contribution < 1.29 is 0 Å². The van der Waals surface area contributed by atoms with Gasteiger partial charge in [-0.3, -0.25) is 5.10 Å². The molecule has 5 rings (SSSR count). The first kappa shape index (κ1) is 19.1. The number of nitrogens with zero attached hydrogens (tertiary/aromatic N) is 2. The van der Waals surface area contributed by atoms with Crippen molar-refractivity contribution in [3.05, 3.63) is 103 Å². The van der Waals surface area contributed by atoms with Gasteiger partial charge in [0, 0.05) is 22.6 Å². The second-order valence-corrected chi connectivity index (χ2v) is 7.62. The van der Waals surface area contributed by atoms with Crippen LogP contribution in [0.15, 0.2) is 97.1 Å². The van der Waals surface area contributed by atoms with E-state index < -0.39 is 0 Å². The van der Waals surface area contributed by atoms with E-state index in [9.17, 15) is 0 Å². The Labute approximate surface area is 182 Å². The van der Waals surface area contributed by atoms with Crippen molar-refractivity contribution in [2.24, 2.45) is 0 Å². The lowest BCUT2D eigenvalue weighted by atomic mass is 10.0. The van der Waals surface area contributed by atoms with Gasteiger partial charge >= 0.3 is 0 Å². The van der Waals surface area contributed by atoms with Crippen LogP contribution in [-0.4, -0.2) is 15.2 Å². The number of nitrogens with one attached hydrogen (secondary N) is 2. The van der Waals surface area contributed by atoms with Crippen LogP contribution in [0.4, 0.5) is 5.82 Å². The molecule has 0 saturated heterocycles. The fourth-order valence-corrected chi connectivity index (χ4v) is 3.97. The number of para-hydroxylation sites is 1. The Bertz CT molecular complexity index is 1290. The maximum atomic E-state index is 4.89. The third-order valence-electron chi connectivity index (χ3n) is 5.59. The van der Waals surface area contributed by atoms with Crippen LogP contribution >= 0.6 is 0 Å². The predicted octanol–water partition coefficient (Wildman–Crippen LogP) is 6.86. The normalized spacial score (nSPS) is 12.0. The summed E-state index contributed by atoms with van der Waals surface area (Å²) in [5, 5.41) is 12.5. The Kier molecular flexibility index (Phi) is 5.19. The monoisotopic (exact) mass is 404 g/mol. The van der Waals surface area contributed by atoms with Gasteiger partial charge in [-0.25, -0.2) is 4.98 Å². The second-order valence-electron chi connectivity index (χ2n) is 7.62. The van der Waals surface area contributed by atoms with Crippen LogP contribution in [0.25, 0.3) is 33.4 Å². The zero-order chi connectivity index (χ0) is 21.0. The van der Waals surface area contributed by atoms with E-state index in [1.54, 1.807) is 0 Å². The van der Waals surface area contributed by atoms with Gasteiger partial charge in [0.2, 0.25) is 0 Å². The van der Waals surface area contributed by atoms with Gasteiger partial charge in [-0.15, -0.1) is 0 Å². The van der Waals surface area contributed by atoms with Gasteiger partial charge in [0.1, 0.15) is 5.82 Å². The number of H-pyrrole nitrogens is 1. The third kappa shape index (κ3) is 3.92. The van der Waals surface area contributed by atoms with Crippen LogP contribution in [0.1, 0.15) is 24.9 Å². The summed E-state index contributed by atoms with van der Waals surface area (Å²) in [4.78, 5) is 4.89. The molecule has 152 valence electrons. The minimum Gasteiger partial charge on any atom is -0.362 e. The lowest BCUT2D eigenvalue weighted by Gasteiger charge is -2.16. The van der Waals surface area contributed by atoms with E-state index in [1.165, 1.54) is 5.56 Å². The summed E-state index contributed by atoms with van der Waals surface area (Å²) in [5.74, 6) is 0.841. The smallest absolute Gasteiger partial charge is 0.148 e. The van der Waals surface area contributed by atoms with Gasteiger partial charge in [-0.2, -0.15) is 5.10 Å². The second kappa shape index (κ2) is 8.44. The number of hydrogen-bond acceptors (Lipinski definition) is 3. The van der Waals surface area contributed by atoms with Crippen molar-refractivity contribution in [3.63, 3.8) is 0 Å². The molecular weight excluding hydrogens is 380 g/mol. The van der Waals surface area contributed by atoms with Gasteiger partial charge in [-0.1, -0.05) is 85.8 Å². The quantitative estimate of drug-likeness (QED) is 0.325. The van der Waals surface area contributed by atoms with Crippen molar-refractivity contribution in [2.75, 3.05) is 5.32 Å². The number of pyridine rings is 1. The van der Waals surface area contributed by atoms with Gasteiger partial charge in [0.05, 0.1) is 22.9 Å². The fraction of sp³-hybridized carbons (Fsp3) is 0.111. The van der Waals surface area contributed by atoms with E-state index in [1.807, 2.05) is 36.4 Å². The summed E-state index contributed by atoms with van der Waals surface area (Å²) in [5.41, 5.74) is 6.35. The number of rotatable bonds is 6. The highest BCUT2D eigenvalue weighted by atomic mass is 15.2. The molecule has 0 spiro atoms. The fourth-order valence-electron chi connectivity index (χ4n) is 3.97. The number of anilines is 1. The minimum absolute atomic E-state index is 0.214. The highest BCUT2D eigenvalue weighted by Gasteiger charge is 2.14. The molecule has 3 aromatic carbocycles. The molecule has 0 aliphatic carbocycles. The molecule has 4 nitrogen and oxygen atoms in total. The number of fused-ring (bicyclic) bond motifs is 1. The lowest BCUT2D eigenvalue weighted by Crippen LogP contribution is -2.09. The molecule has 0 bridgehead atoms. The molecule has 4 heteroatoms. The van der Waals surface area contributed by atoms with E-state index in [2.05, 4.69) is 83.1 Å². The first-order chi connectivity index (χ1) is 15.3. The summed E-state index contributed by atoms with van der Waals surface area (Å²) < 4.78 is 0. The minimum atomic E-state index is 0.214. The highest BCUT2D eigenvalue weighted by molar-refractivity contribution is 5.96. The molecule has 31 heavy (non-hydrogen) atoms. The summed E-state index contributed by atoms with van der Waals surface area (Å²) in [6.07, 6.45) is 0.975. The largest absolute Gasteiger partial charge is 0.362 e. The van der Waals surface area contributed by atoms with Gasteiger partial charge in [-0.05, 0) is 24.1 Å². The number of hydrogen-bond donors (Lipinski definition) is 2. The average molecular weight is 405 g/mol. The van der Waals surface area contributed by atoms with Crippen molar-refractivity contribution >= 4 is 16.7 Å². The molecule has 1 unspecified atom stereocenters. The van der Waals surface area contributed by atoms with E-state index in [-0.39, 0.29) is 6.04 Å². The molecule has 0 aliphatic heterocycles. The molecule has 0 saturated carbocycles. The molecule has 0 aliphatic rings. The molecule has 2 heterocycles. The average Bonchev–Trinajstić information content (AvgIpc) is 3.31. The predicted molar refractivity (Wildman–Crippen MR) is 128 cm³/mol. The summed E-state index contributed by atoms with van der Waals surface area (Å²) in [7, 11) is 0. The maximum absolute atomic E-state index is 4.89.